The van der Waals surface area contributed by atoms with Gasteiger partial charge in [0.2, 0.25) is 20.0 Å². The summed E-state index contributed by atoms with van der Waals surface area (Å²) in [7, 11) is -6.97. The van der Waals surface area contributed by atoms with Crippen molar-refractivity contribution in [3.8, 4) is 11.5 Å². The van der Waals surface area contributed by atoms with Crippen molar-refractivity contribution in [3.63, 3.8) is 0 Å². The van der Waals surface area contributed by atoms with Gasteiger partial charge >= 0.3 is 0 Å². The number of aliphatic hydroxyl groups excluding tert-OH is 1. The summed E-state index contributed by atoms with van der Waals surface area (Å²) in [6.07, 6.45) is 1.07. The molecule has 0 amide bonds. The Bertz CT molecular complexity index is 827. The highest BCUT2D eigenvalue weighted by Crippen LogP contribution is 2.45. The molecule has 1 N–H and O–H groups in total. The van der Waals surface area contributed by atoms with Gasteiger partial charge < -0.3 is 14.6 Å². The highest BCUT2D eigenvalue weighted by atomic mass is 32.3. The number of aliphatic hydroxyl groups is 1. The summed E-state index contributed by atoms with van der Waals surface area (Å²) in [5.41, 5.74) is -0.456. The molecule has 0 fully saturated rings. The molecule has 0 radical (unpaired) electrons. The first kappa shape index (κ1) is 18.8. The van der Waals surface area contributed by atoms with Gasteiger partial charge in [-0.05, 0) is 19.9 Å². The SMILES string of the molecule is COc1cc2c(cc1N(S(C)(=O)=O)S(C)(=O)=O)OC(C)(C)CC2O. The highest BCUT2D eigenvalue weighted by Gasteiger charge is 2.37. The second kappa shape index (κ2) is 5.78. The largest absolute Gasteiger partial charge is 0.494 e. The van der Waals surface area contributed by atoms with Crippen LogP contribution in [-0.2, 0) is 20.0 Å². The van der Waals surface area contributed by atoms with Crippen LogP contribution in [0.25, 0.3) is 0 Å². The maximum atomic E-state index is 12.0. The van der Waals surface area contributed by atoms with Crippen LogP contribution in [0.5, 0.6) is 11.5 Å². The number of fused-ring (bicyclic) bond motifs is 1. The normalized spacial score (nSPS) is 20.0. The van der Waals surface area contributed by atoms with Gasteiger partial charge in [-0.25, -0.2) is 16.8 Å². The fourth-order valence-corrected chi connectivity index (χ4v) is 5.71. The van der Waals surface area contributed by atoms with E-state index in [0.29, 0.717) is 12.0 Å². The third-order valence-electron chi connectivity index (χ3n) is 3.54. The summed E-state index contributed by atoms with van der Waals surface area (Å²) < 4.78 is 59.2. The quantitative estimate of drug-likeness (QED) is 0.831. The van der Waals surface area contributed by atoms with Crippen molar-refractivity contribution >= 4 is 25.7 Å². The van der Waals surface area contributed by atoms with Crippen LogP contribution in [0.15, 0.2) is 12.1 Å². The summed E-state index contributed by atoms with van der Waals surface area (Å²) in [4.78, 5) is 0. The van der Waals surface area contributed by atoms with Crippen molar-refractivity contribution < 1.29 is 31.4 Å². The van der Waals surface area contributed by atoms with Crippen LogP contribution in [0.4, 0.5) is 5.69 Å². The van der Waals surface area contributed by atoms with Crippen LogP contribution in [-0.4, -0.2) is 47.2 Å². The summed E-state index contributed by atoms with van der Waals surface area (Å²) >= 11 is 0. The molecule has 1 heterocycles. The molecule has 0 saturated carbocycles. The lowest BCUT2D eigenvalue weighted by atomic mass is 9.91. The Hall–Kier alpha value is -1.52. The summed E-state index contributed by atoms with van der Waals surface area (Å²) in [5.74, 6) is 0.221. The van der Waals surface area contributed by atoms with Gasteiger partial charge in [0.25, 0.3) is 0 Å². The smallest absolute Gasteiger partial charge is 0.245 e. The number of benzene rings is 1. The second-order valence-corrected chi connectivity index (χ2v) is 10.3. The number of hydrogen-bond donors (Lipinski definition) is 1. The van der Waals surface area contributed by atoms with Crippen LogP contribution in [0.3, 0.4) is 0 Å². The van der Waals surface area contributed by atoms with E-state index in [2.05, 4.69) is 0 Å². The van der Waals surface area contributed by atoms with E-state index in [1.54, 1.807) is 13.8 Å². The molecular weight excluding hydrogens is 358 g/mol. The maximum absolute atomic E-state index is 12.0. The van der Waals surface area contributed by atoms with Crippen LogP contribution in [0.1, 0.15) is 31.9 Å². The van der Waals surface area contributed by atoms with Crippen molar-refractivity contribution in [3.05, 3.63) is 17.7 Å². The lowest BCUT2D eigenvalue weighted by Crippen LogP contribution is -2.37. The Balaban J connectivity index is 2.76. The Morgan fingerprint density at radius 3 is 2.21 bits per heavy atom. The molecule has 2 rings (SSSR count). The number of hydrogen-bond acceptors (Lipinski definition) is 7. The molecule has 8 nitrogen and oxygen atoms in total. The third-order valence-corrected chi connectivity index (χ3v) is 6.76. The van der Waals surface area contributed by atoms with E-state index in [1.807, 2.05) is 0 Å². The molecule has 1 aromatic carbocycles. The van der Waals surface area contributed by atoms with Crippen LogP contribution >= 0.6 is 0 Å². The molecule has 0 spiro atoms. The van der Waals surface area contributed by atoms with Gasteiger partial charge in [-0.15, -0.1) is 0 Å². The van der Waals surface area contributed by atoms with Gasteiger partial charge in [-0.1, -0.05) is 0 Å². The minimum Gasteiger partial charge on any atom is -0.494 e. The van der Waals surface area contributed by atoms with Gasteiger partial charge in [0.05, 0.1) is 25.7 Å². The van der Waals surface area contributed by atoms with Crippen molar-refractivity contribution in [2.24, 2.45) is 0 Å². The molecular formula is C14H21NO7S2. The lowest BCUT2D eigenvalue weighted by molar-refractivity contribution is 0.0114. The van der Waals surface area contributed by atoms with Crippen molar-refractivity contribution in [1.82, 2.24) is 0 Å². The fraction of sp³-hybridized carbons (Fsp3) is 0.571. The first-order chi connectivity index (χ1) is 10.8. The molecule has 0 bridgehead atoms. The predicted octanol–water partition coefficient (Wildman–Crippen LogP) is 1.02. The minimum atomic E-state index is -4.13. The van der Waals surface area contributed by atoms with Gasteiger partial charge in [-0.3, -0.25) is 0 Å². The predicted molar refractivity (Wildman–Crippen MR) is 89.4 cm³/mol. The molecule has 1 atom stereocenters. The number of nitrogens with zero attached hydrogens (tertiary/aromatic N) is 1. The number of sulfonamides is 2. The molecule has 136 valence electrons. The lowest BCUT2D eigenvalue weighted by Gasteiger charge is -2.36. The minimum absolute atomic E-state index is 0.00644. The van der Waals surface area contributed by atoms with E-state index in [4.69, 9.17) is 9.47 Å². The van der Waals surface area contributed by atoms with Crippen LogP contribution < -0.4 is 13.2 Å². The molecule has 0 saturated heterocycles. The average molecular weight is 379 g/mol. The molecule has 1 aliphatic rings. The zero-order chi connectivity index (χ0) is 18.5. The van der Waals surface area contributed by atoms with E-state index in [-0.39, 0.29) is 20.9 Å². The Morgan fingerprint density at radius 2 is 1.75 bits per heavy atom. The fourth-order valence-electron chi connectivity index (χ4n) is 2.74. The van der Waals surface area contributed by atoms with E-state index in [0.717, 1.165) is 12.5 Å². The van der Waals surface area contributed by atoms with Gasteiger partial charge in [0.15, 0.2) is 0 Å². The summed E-state index contributed by atoms with van der Waals surface area (Å²) in [5, 5.41) is 10.3. The van der Waals surface area contributed by atoms with E-state index in [9.17, 15) is 21.9 Å². The molecule has 24 heavy (non-hydrogen) atoms. The van der Waals surface area contributed by atoms with Gasteiger partial charge in [0, 0.05) is 18.1 Å². The number of ether oxygens (including phenoxy) is 2. The summed E-state index contributed by atoms with van der Waals surface area (Å²) in [6, 6.07) is 2.66. The average Bonchev–Trinajstić information content (AvgIpc) is 2.33. The van der Waals surface area contributed by atoms with E-state index < -0.39 is 31.8 Å². The number of anilines is 1. The first-order valence-electron chi connectivity index (χ1n) is 7.06. The molecule has 1 aromatic rings. The standard InChI is InChI=1S/C14H21NO7S2/c1-14(2)8-11(16)9-6-13(21-3)10(7-12(9)22-14)15(23(4,17)18)24(5,19)20/h6-7,11,16H,8H2,1-5H3. The molecule has 1 unspecified atom stereocenters. The summed E-state index contributed by atoms with van der Waals surface area (Å²) in [6.45, 7) is 3.54. The van der Waals surface area contributed by atoms with Crippen molar-refractivity contribution in [2.75, 3.05) is 23.3 Å². The van der Waals surface area contributed by atoms with Gasteiger partial charge in [-0.2, -0.15) is 3.71 Å². The number of rotatable bonds is 4. The topological polar surface area (TPSA) is 110 Å². The van der Waals surface area contributed by atoms with Crippen LogP contribution in [0.2, 0.25) is 0 Å². The third kappa shape index (κ3) is 3.60. The Kier molecular flexibility index (Phi) is 4.53. The monoisotopic (exact) mass is 379 g/mol. The van der Waals surface area contributed by atoms with Gasteiger partial charge in [0.1, 0.15) is 22.8 Å². The van der Waals surface area contributed by atoms with E-state index in [1.165, 1.54) is 19.2 Å². The Labute approximate surface area is 142 Å². The molecule has 0 aromatic heterocycles. The van der Waals surface area contributed by atoms with E-state index >= 15 is 0 Å². The molecule has 0 aliphatic carbocycles. The number of methoxy groups -OCH3 is 1. The zero-order valence-electron chi connectivity index (χ0n) is 14.1. The van der Waals surface area contributed by atoms with Crippen molar-refractivity contribution in [1.29, 1.82) is 0 Å². The molecule has 10 heteroatoms. The van der Waals surface area contributed by atoms with Crippen molar-refractivity contribution in [2.45, 2.75) is 32.0 Å². The highest BCUT2D eigenvalue weighted by molar-refractivity contribution is 8.09. The second-order valence-electron chi connectivity index (χ2n) is 6.37. The first-order valence-corrected chi connectivity index (χ1v) is 10.8. The Morgan fingerprint density at radius 1 is 1.21 bits per heavy atom. The molecule has 1 aliphatic heterocycles. The van der Waals surface area contributed by atoms with Crippen LogP contribution in [0, 0.1) is 0 Å². The maximum Gasteiger partial charge on any atom is 0.245 e. The zero-order valence-corrected chi connectivity index (χ0v) is 15.7.